The van der Waals surface area contributed by atoms with Crippen molar-refractivity contribution in [2.75, 3.05) is 0 Å². The molecule has 1 amide bonds. The average molecular weight is 259 g/mol. The normalized spacial score (nSPS) is 12.8. The second-order valence-corrected chi connectivity index (χ2v) is 4.84. The fraction of sp³-hybridized carbons (Fsp3) is 0.467. The van der Waals surface area contributed by atoms with Crippen molar-refractivity contribution in [3.63, 3.8) is 0 Å². The average Bonchev–Trinajstić information content (AvgIpc) is 2.87. The summed E-state index contributed by atoms with van der Waals surface area (Å²) in [5.74, 6) is 0.0526. The van der Waals surface area contributed by atoms with Crippen LogP contribution in [0.5, 0.6) is 0 Å². The van der Waals surface area contributed by atoms with E-state index in [1.807, 2.05) is 35.8 Å². The van der Waals surface area contributed by atoms with Gasteiger partial charge < -0.3 is 9.88 Å². The van der Waals surface area contributed by atoms with Crippen LogP contribution in [-0.4, -0.2) is 21.5 Å². The Balaban J connectivity index is 2.19. The van der Waals surface area contributed by atoms with E-state index in [0.29, 0.717) is 0 Å². The molecule has 0 radical (unpaired) electrons. The molecule has 0 aliphatic carbocycles. The second-order valence-electron chi connectivity index (χ2n) is 4.84. The van der Waals surface area contributed by atoms with Crippen molar-refractivity contribution in [2.24, 2.45) is 0 Å². The number of rotatable bonds is 5. The van der Waals surface area contributed by atoms with Crippen molar-refractivity contribution in [2.45, 2.75) is 45.7 Å². The van der Waals surface area contributed by atoms with Crippen molar-refractivity contribution < 1.29 is 4.79 Å². The molecule has 2 rings (SSSR count). The molecule has 1 heterocycles. The van der Waals surface area contributed by atoms with Gasteiger partial charge in [0.2, 0.25) is 5.91 Å². The molecule has 1 atom stereocenters. The first kappa shape index (κ1) is 13.6. The molecule has 4 nitrogen and oxygen atoms in total. The number of fused-ring (bicyclic) bond motifs is 1. The van der Waals surface area contributed by atoms with E-state index < -0.39 is 0 Å². The predicted molar refractivity (Wildman–Crippen MR) is 77.0 cm³/mol. The van der Waals surface area contributed by atoms with E-state index >= 15 is 0 Å². The number of amides is 1. The van der Waals surface area contributed by atoms with Gasteiger partial charge in [0.25, 0.3) is 0 Å². The van der Waals surface area contributed by atoms with Crippen LogP contribution < -0.4 is 5.32 Å². The lowest BCUT2D eigenvalue weighted by Crippen LogP contribution is -2.38. The SMILES string of the molecule is CCC(CC)NC(=O)C(C)n1cnc2ccccc21. The second kappa shape index (κ2) is 5.87. The molecule has 4 heteroatoms. The molecule has 0 aliphatic heterocycles. The van der Waals surface area contributed by atoms with Crippen LogP contribution in [0.4, 0.5) is 0 Å². The van der Waals surface area contributed by atoms with Crippen molar-refractivity contribution in [1.82, 2.24) is 14.9 Å². The van der Waals surface area contributed by atoms with Gasteiger partial charge in [0.05, 0.1) is 17.4 Å². The lowest BCUT2D eigenvalue weighted by atomic mass is 10.1. The fourth-order valence-electron chi connectivity index (χ4n) is 2.23. The van der Waals surface area contributed by atoms with Crippen molar-refractivity contribution >= 4 is 16.9 Å². The molecule has 0 saturated carbocycles. The number of aromatic nitrogens is 2. The van der Waals surface area contributed by atoms with Gasteiger partial charge in [0.15, 0.2) is 0 Å². The molecule has 1 unspecified atom stereocenters. The molecule has 19 heavy (non-hydrogen) atoms. The lowest BCUT2D eigenvalue weighted by Gasteiger charge is -2.19. The summed E-state index contributed by atoms with van der Waals surface area (Å²) in [7, 11) is 0. The number of nitrogens with zero attached hydrogens (tertiary/aromatic N) is 2. The maximum Gasteiger partial charge on any atom is 0.243 e. The predicted octanol–water partition coefficient (Wildman–Crippen LogP) is 2.90. The summed E-state index contributed by atoms with van der Waals surface area (Å²) in [5, 5.41) is 3.08. The lowest BCUT2D eigenvalue weighted by molar-refractivity contribution is -0.124. The largest absolute Gasteiger partial charge is 0.352 e. The Morgan fingerprint density at radius 3 is 2.68 bits per heavy atom. The quantitative estimate of drug-likeness (QED) is 0.897. The first-order chi connectivity index (χ1) is 9.17. The summed E-state index contributed by atoms with van der Waals surface area (Å²) in [5.41, 5.74) is 1.92. The number of imidazole rings is 1. The highest BCUT2D eigenvalue weighted by atomic mass is 16.2. The number of hydrogen-bond donors (Lipinski definition) is 1. The molecule has 1 aromatic carbocycles. The van der Waals surface area contributed by atoms with Crippen molar-refractivity contribution in [1.29, 1.82) is 0 Å². The zero-order valence-corrected chi connectivity index (χ0v) is 11.8. The molecule has 0 saturated heterocycles. The third kappa shape index (κ3) is 2.78. The van der Waals surface area contributed by atoms with Crippen molar-refractivity contribution in [3.05, 3.63) is 30.6 Å². The van der Waals surface area contributed by atoms with Gasteiger partial charge >= 0.3 is 0 Å². The molecule has 102 valence electrons. The van der Waals surface area contributed by atoms with Crippen LogP contribution in [0, 0.1) is 0 Å². The molecular weight excluding hydrogens is 238 g/mol. The van der Waals surface area contributed by atoms with Crippen LogP contribution in [0.15, 0.2) is 30.6 Å². The summed E-state index contributed by atoms with van der Waals surface area (Å²) >= 11 is 0. The fourth-order valence-corrected chi connectivity index (χ4v) is 2.23. The van der Waals surface area contributed by atoms with Crippen molar-refractivity contribution in [3.8, 4) is 0 Å². The topological polar surface area (TPSA) is 46.9 Å². The summed E-state index contributed by atoms with van der Waals surface area (Å²) in [4.78, 5) is 16.6. The van der Waals surface area contributed by atoms with E-state index in [4.69, 9.17) is 0 Å². The minimum absolute atomic E-state index is 0.0526. The monoisotopic (exact) mass is 259 g/mol. The molecule has 0 aliphatic rings. The number of para-hydroxylation sites is 2. The third-order valence-corrected chi connectivity index (χ3v) is 3.61. The molecule has 2 aromatic rings. The van der Waals surface area contributed by atoms with Gasteiger partial charge in [-0.2, -0.15) is 0 Å². The highest BCUT2D eigenvalue weighted by Gasteiger charge is 2.18. The van der Waals surface area contributed by atoms with Crippen LogP contribution in [0.25, 0.3) is 11.0 Å². The number of benzene rings is 1. The summed E-state index contributed by atoms with van der Waals surface area (Å²) in [6, 6.07) is 7.87. The number of hydrogen-bond acceptors (Lipinski definition) is 2. The first-order valence-corrected chi connectivity index (χ1v) is 6.89. The number of carbonyl (C=O) groups is 1. The van der Waals surface area contributed by atoms with Gasteiger partial charge in [-0.15, -0.1) is 0 Å². The van der Waals surface area contributed by atoms with Crippen LogP contribution in [0.3, 0.4) is 0 Å². The van der Waals surface area contributed by atoms with E-state index in [-0.39, 0.29) is 18.0 Å². The summed E-state index contributed by atoms with van der Waals surface area (Å²) in [6.07, 6.45) is 3.65. The highest BCUT2D eigenvalue weighted by Crippen LogP contribution is 2.17. The highest BCUT2D eigenvalue weighted by molar-refractivity contribution is 5.83. The maximum atomic E-state index is 12.3. The molecular formula is C15H21N3O. The minimum Gasteiger partial charge on any atom is -0.352 e. The Kier molecular flexibility index (Phi) is 4.20. The van der Waals surface area contributed by atoms with Crippen LogP contribution in [0.1, 0.15) is 39.7 Å². The van der Waals surface area contributed by atoms with Gasteiger partial charge in [0.1, 0.15) is 6.04 Å². The zero-order chi connectivity index (χ0) is 13.8. The van der Waals surface area contributed by atoms with Gasteiger partial charge in [-0.1, -0.05) is 26.0 Å². The summed E-state index contributed by atoms with van der Waals surface area (Å²) in [6.45, 7) is 6.09. The smallest absolute Gasteiger partial charge is 0.243 e. The van der Waals surface area contributed by atoms with E-state index in [1.54, 1.807) is 6.33 Å². The summed E-state index contributed by atoms with van der Waals surface area (Å²) < 4.78 is 1.92. The van der Waals surface area contributed by atoms with Gasteiger partial charge in [-0.25, -0.2) is 4.98 Å². The molecule has 0 spiro atoms. The number of nitrogens with one attached hydrogen (secondary N) is 1. The van der Waals surface area contributed by atoms with Crippen LogP contribution in [0.2, 0.25) is 0 Å². The minimum atomic E-state index is -0.243. The zero-order valence-electron chi connectivity index (χ0n) is 11.8. The maximum absolute atomic E-state index is 12.3. The molecule has 1 N–H and O–H groups in total. The van der Waals surface area contributed by atoms with Crippen LogP contribution >= 0.6 is 0 Å². The third-order valence-electron chi connectivity index (χ3n) is 3.61. The van der Waals surface area contributed by atoms with Gasteiger partial charge in [0, 0.05) is 6.04 Å². The van der Waals surface area contributed by atoms with E-state index in [1.165, 1.54) is 0 Å². The van der Waals surface area contributed by atoms with Gasteiger partial charge in [-0.05, 0) is 31.9 Å². The number of carbonyl (C=O) groups excluding carboxylic acids is 1. The molecule has 0 fully saturated rings. The first-order valence-electron chi connectivity index (χ1n) is 6.89. The van der Waals surface area contributed by atoms with E-state index in [0.717, 1.165) is 23.9 Å². The molecule has 1 aromatic heterocycles. The standard InChI is InChI=1S/C15H21N3O/c1-4-12(5-2)17-15(19)11(3)18-10-16-13-8-6-7-9-14(13)18/h6-12H,4-5H2,1-3H3,(H,17,19). The van der Waals surface area contributed by atoms with Crippen LogP contribution in [-0.2, 0) is 4.79 Å². The molecule has 0 bridgehead atoms. The Labute approximate surface area is 113 Å². The Hall–Kier alpha value is -1.84. The Morgan fingerprint density at radius 1 is 1.32 bits per heavy atom. The van der Waals surface area contributed by atoms with E-state index in [9.17, 15) is 4.79 Å². The van der Waals surface area contributed by atoms with E-state index in [2.05, 4.69) is 24.1 Å². The van der Waals surface area contributed by atoms with Gasteiger partial charge in [-0.3, -0.25) is 4.79 Å². The Bertz CT molecular complexity index is 557. The Morgan fingerprint density at radius 2 is 2.00 bits per heavy atom.